The molecule has 0 amide bonds. The standard InChI is InChI=1S/C2H2F4.FH/c3-1(4)2(5)6;/h1-2H;1H/p-1. The summed E-state index contributed by atoms with van der Waals surface area (Å²) in [4.78, 5) is 0. The van der Waals surface area contributed by atoms with Gasteiger partial charge in [0.05, 0.1) is 0 Å². The molecule has 7 heavy (non-hydrogen) atoms. The second-order valence-electron chi connectivity index (χ2n) is 0.669. The van der Waals surface area contributed by atoms with Crippen molar-refractivity contribution in [1.82, 2.24) is 0 Å². The monoisotopic (exact) mass is 121 g/mol. The van der Waals surface area contributed by atoms with Gasteiger partial charge in [0.15, 0.2) is 0 Å². The van der Waals surface area contributed by atoms with Crippen molar-refractivity contribution in [2.24, 2.45) is 0 Å². The Hall–Kier alpha value is -0.350. The molecule has 0 bridgehead atoms. The first kappa shape index (κ1) is 9.82. The highest BCUT2D eigenvalue weighted by Gasteiger charge is 2.15. The zero-order valence-electron chi connectivity index (χ0n) is 3.04. The molecule has 0 aromatic heterocycles. The van der Waals surface area contributed by atoms with E-state index in [1.54, 1.807) is 0 Å². The third-order valence-electron chi connectivity index (χ3n) is 0.190. The number of hydrogen-bond donors (Lipinski definition) is 0. The molecule has 0 saturated heterocycles. The van der Waals surface area contributed by atoms with Gasteiger partial charge in [-0.15, -0.1) is 0 Å². The molecule has 0 aliphatic rings. The fourth-order valence-corrected chi connectivity index (χ4v) is 0. The highest BCUT2D eigenvalue weighted by atomic mass is 19.3. The van der Waals surface area contributed by atoms with Gasteiger partial charge in [-0.25, -0.2) is 17.6 Å². The van der Waals surface area contributed by atoms with E-state index in [1.165, 1.54) is 0 Å². The molecule has 0 nitrogen and oxygen atoms in total. The van der Waals surface area contributed by atoms with E-state index in [0.717, 1.165) is 0 Å². The van der Waals surface area contributed by atoms with E-state index < -0.39 is 12.9 Å². The molecule has 0 unspecified atom stereocenters. The highest BCUT2D eigenvalue weighted by Crippen LogP contribution is 2.04. The van der Waals surface area contributed by atoms with Crippen molar-refractivity contribution >= 4 is 0 Å². The molecular formula is C2H2F5-. The Labute approximate surface area is 36.5 Å². The summed E-state index contributed by atoms with van der Waals surface area (Å²) >= 11 is 0. The molecule has 0 aliphatic carbocycles. The predicted molar refractivity (Wildman–Crippen MR) is 12.0 cm³/mol. The van der Waals surface area contributed by atoms with Crippen molar-refractivity contribution in [2.75, 3.05) is 0 Å². The Bertz CT molecular complexity index is 27.1. The van der Waals surface area contributed by atoms with Gasteiger partial charge in [0.2, 0.25) is 0 Å². The Balaban J connectivity index is 0. The molecule has 0 aromatic carbocycles. The number of halogens is 5. The van der Waals surface area contributed by atoms with E-state index in [4.69, 9.17) is 0 Å². The summed E-state index contributed by atoms with van der Waals surface area (Å²) in [5, 5.41) is 0. The maximum atomic E-state index is 10.4. The summed E-state index contributed by atoms with van der Waals surface area (Å²) in [5.41, 5.74) is 0. The molecule has 0 fully saturated rings. The van der Waals surface area contributed by atoms with Crippen molar-refractivity contribution in [2.45, 2.75) is 12.9 Å². The Morgan fingerprint density at radius 2 is 0.857 bits per heavy atom. The normalized spacial score (nSPS) is 9.43. The average Bonchev–Trinajstić information content (AvgIpc) is 1.36. The van der Waals surface area contributed by atoms with E-state index in [0.29, 0.717) is 0 Å². The molecular weight excluding hydrogens is 119 g/mol. The molecule has 5 heteroatoms. The van der Waals surface area contributed by atoms with Crippen molar-refractivity contribution < 1.29 is 22.3 Å². The Morgan fingerprint density at radius 3 is 0.857 bits per heavy atom. The lowest BCUT2D eigenvalue weighted by atomic mass is 10.8. The van der Waals surface area contributed by atoms with Crippen LogP contribution in [0.15, 0.2) is 0 Å². The minimum absolute atomic E-state index is 0. The smallest absolute Gasteiger partial charge is 0.298 e. The van der Waals surface area contributed by atoms with Crippen LogP contribution >= 0.6 is 0 Å². The third-order valence-corrected chi connectivity index (χ3v) is 0.190. The minimum atomic E-state index is -3.48. The zero-order chi connectivity index (χ0) is 5.15. The summed E-state index contributed by atoms with van der Waals surface area (Å²) in [6, 6.07) is 0. The lowest BCUT2D eigenvalue weighted by molar-refractivity contribution is -0.0278. The average molecular weight is 121 g/mol. The van der Waals surface area contributed by atoms with Crippen molar-refractivity contribution in [3.8, 4) is 0 Å². The fraction of sp³-hybridized carbons (Fsp3) is 1.00. The van der Waals surface area contributed by atoms with Crippen LogP contribution in [0.5, 0.6) is 0 Å². The summed E-state index contributed by atoms with van der Waals surface area (Å²) in [7, 11) is 0. The maximum absolute atomic E-state index is 10.4. The van der Waals surface area contributed by atoms with E-state index in [2.05, 4.69) is 0 Å². The van der Waals surface area contributed by atoms with Crippen molar-refractivity contribution in [3.63, 3.8) is 0 Å². The van der Waals surface area contributed by atoms with Crippen LogP contribution in [0, 0.1) is 0 Å². The van der Waals surface area contributed by atoms with Crippen LogP contribution in [-0.2, 0) is 0 Å². The second-order valence-corrected chi connectivity index (χ2v) is 0.669. The van der Waals surface area contributed by atoms with Gasteiger partial charge in [-0.05, 0) is 0 Å². The lowest BCUT2D eigenvalue weighted by Crippen LogP contribution is -3.00. The van der Waals surface area contributed by atoms with Gasteiger partial charge in [0, 0.05) is 0 Å². The molecule has 0 rings (SSSR count). The van der Waals surface area contributed by atoms with Gasteiger partial charge in [-0.1, -0.05) is 0 Å². The van der Waals surface area contributed by atoms with Crippen LogP contribution < -0.4 is 4.70 Å². The minimum Gasteiger partial charge on any atom is -1.00 e. The topological polar surface area (TPSA) is 0 Å². The van der Waals surface area contributed by atoms with Crippen LogP contribution in [0.1, 0.15) is 0 Å². The molecule has 0 radical (unpaired) electrons. The number of hydrogen-bond acceptors (Lipinski definition) is 0. The van der Waals surface area contributed by atoms with Gasteiger partial charge >= 0.3 is 0 Å². The summed E-state index contributed by atoms with van der Waals surface area (Å²) in [6.45, 7) is 0. The molecule has 0 saturated carbocycles. The van der Waals surface area contributed by atoms with Crippen LogP contribution in [0.2, 0.25) is 0 Å². The van der Waals surface area contributed by atoms with Gasteiger partial charge in [-0.3, -0.25) is 0 Å². The van der Waals surface area contributed by atoms with E-state index in [1.807, 2.05) is 0 Å². The first-order chi connectivity index (χ1) is 2.64. The van der Waals surface area contributed by atoms with Gasteiger partial charge in [-0.2, -0.15) is 0 Å². The van der Waals surface area contributed by atoms with E-state index in [-0.39, 0.29) is 4.70 Å². The quantitative estimate of drug-likeness (QED) is 0.371. The maximum Gasteiger partial charge on any atom is 0.298 e. The van der Waals surface area contributed by atoms with Gasteiger partial charge < -0.3 is 4.70 Å². The summed E-state index contributed by atoms with van der Waals surface area (Å²) in [5.74, 6) is 0. The largest absolute Gasteiger partial charge is 1.00 e. The molecule has 0 heterocycles. The first-order valence-electron chi connectivity index (χ1n) is 1.21. The van der Waals surface area contributed by atoms with Crippen molar-refractivity contribution in [1.29, 1.82) is 0 Å². The molecule has 0 atom stereocenters. The van der Waals surface area contributed by atoms with E-state index in [9.17, 15) is 17.6 Å². The lowest BCUT2D eigenvalue weighted by Gasteiger charge is -1.89. The van der Waals surface area contributed by atoms with Crippen LogP contribution in [0.4, 0.5) is 17.6 Å². The first-order valence-corrected chi connectivity index (χ1v) is 1.21. The van der Waals surface area contributed by atoms with Gasteiger partial charge in [0.1, 0.15) is 0 Å². The molecule has 46 valence electrons. The van der Waals surface area contributed by atoms with E-state index >= 15 is 0 Å². The van der Waals surface area contributed by atoms with Crippen LogP contribution in [0.3, 0.4) is 0 Å². The summed E-state index contributed by atoms with van der Waals surface area (Å²) < 4.78 is 41.6. The number of rotatable bonds is 1. The van der Waals surface area contributed by atoms with Crippen LogP contribution in [0.25, 0.3) is 0 Å². The molecule has 0 aliphatic heterocycles. The zero-order valence-corrected chi connectivity index (χ0v) is 3.04. The third kappa shape index (κ3) is 5.65. The molecule has 0 N–H and O–H groups in total. The molecule has 0 spiro atoms. The molecule has 0 aromatic rings. The Morgan fingerprint density at radius 1 is 0.714 bits per heavy atom. The number of alkyl halides is 4. The highest BCUT2D eigenvalue weighted by molar-refractivity contribution is 4.35. The predicted octanol–water partition coefficient (Wildman–Crippen LogP) is -1.48. The second kappa shape index (κ2) is 3.83. The SMILES string of the molecule is FC(F)C(F)F.[F-]. The fourth-order valence-electron chi connectivity index (χ4n) is 0. The summed E-state index contributed by atoms with van der Waals surface area (Å²) in [6.07, 6.45) is -6.96. The van der Waals surface area contributed by atoms with Gasteiger partial charge in [0.25, 0.3) is 12.9 Å². The van der Waals surface area contributed by atoms with Crippen molar-refractivity contribution in [3.05, 3.63) is 0 Å². The van der Waals surface area contributed by atoms with Crippen LogP contribution in [-0.4, -0.2) is 12.9 Å². The Kier molecular flexibility index (Phi) is 5.37.